The van der Waals surface area contributed by atoms with Gasteiger partial charge < -0.3 is 19.5 Å². The molecule has 0 saturated carbocycles. The molecule has 0 atom stereocenters. The quantitative estimate of drug-likeness (QED) is 0.619. The molecule has 2 aromatic rings. The lowest BCUT2D eigenvalue weighted by Gasteiger charge is -2.39. The number of carboxylic acid groups (broad SMARTS) is 1. The maximum Gasteiger partial charge on any atom is 0.304 e. The van der Waals surface area contributed by atoms with Crippen molar-refractivity contribution >= 4 is 41.6 Å². The minimum Gasteiger partial charge on any atom is -0.489 e. The van der Waals surface area contributed by atoms with Crippen molar-refractivity contribution < 1.29 is 19.4 Å². The van der Waals surface area contributed by atoms with Crippen LogP contribution in [0.2, 0.25) is 10.0 Å². The van der Waals surface area contributed by atoms with Crippen molar-refractivity contribution in [3.63, 3.8) is 0 Å². The molecule has 5 nitrogen and oxygen atoms in total. The number of likely N-dealkylation sites (tertiary alicyclic amines) is 1. The topological polar surface area (TPSA) is 59.0 Å². The van der Waals surface area contributed by atoms with E-state index in [9.17, 15) is 4.79 Å². The Morgan fingerprint density at radius 3 is 2.53 bits per heavy atom. The first-order chi connectivity index (χ1) is 14.0. The second-order valence-corrected chi connectivity index (χ2v) is 8.39. The zero-order valence-electron chi connectivity index (χ0n) is 16.4. The third kappa shape index (κ3) is 4.87. The van der Waals surface area contributed by atoms with Crippen LogP contribution in [-0.4, -0.2) is 35.6 Å². The number of carbonyl (C=O) groups is 1. The van der Waals surface area contributed by atoms with E-state index in [0.717, 1.165) is 42.8 Å². The van der Waals surface area contributed by atoms with Gasteiger partial charge in [0, 0.05) is 35.2 Å². The average Bonchev–Trinajstić information content (AvgIpc) is 3.05. The van der Waals surface area contributed by atoms with Gasteiger partial charge in [-0.1, -0.05) is 35.3 Å². The number of fused-ring (bicyclic) bond motifs is 2. The first-order valence-electron chi connectivity index (χ1n) is 9.74. The molecular formula is C22H24Cl3NO4. The highest BCUT2D eigenvalue weighted by Crippen LogP contribution is 2.45. The summed E-state index contributed by atoms with van der Waals surface area (Å²) in [5.74, 6) is 0.0117. The van der Waals surface area contributed by atoms with E-state index in [2.05, 4.69) is 11.0 Å². The molecule has 0 aliphatic carbocycles. The van der Waals surface area contributed by atoms with E-state index in [-0.39, 0.29) is 24.4 Å². The maximum atomic E-state index is 10.8. The van der Waals surface area contributed by atoms with Crippen molar-refractivity contribution in [1.29, 1.82) is 0 Å². The molecule has 0 bridgehead atoms. The summed E-state index contributed by atoms with van der Waals surface area (Å²) in [6.45, 7) is 3.15. The number of halogens is 3. The van der Waals surface area contributed by atoms with Gasteiger partial charge in [-0.15, -0.1) is 12.4 Å². The molecule has 1 fully saturated rings. The molecule has 2 aliphatic rings. The van der Waals surface area contributed by atoms with Gasteiger partial charge in [0.15, 0.2) is 0 Å². The van der Waals surface area contributed by atoms with Gasteiger partial charge in [0.1, 0.15) is 12.4 Å². The molecule has 0 aromatic heterocycles. The Morgan fingerprint density at radius 2 is 1.87 bits per heavy atom. The summed E-state index contributed by atoms with van der Waals surface area (Å²) in [7, 11) is 0. The first kappa shape index (κ1) is 23.2. The maximum absolute atomic E-state index is 10.8. The van der Waals surface area contributed by atoms with Crippen LogP contribution in [0.1, 0.15) is 36.0 Å². The monoisotopic (exact) mass is 471 g/mol. The van der Waals surface area contributed by atoms with Crippen molar-refractivity contribution in [2.24, 2.45) is 0 Å². The van der Waals surface area contributed by atoms with Crippen molar-refractivity contribution in [1.82, 2.24) is 4.90 Å². The second kappa shape index (κ2) is 9.75. The van der Waals surface area contributed by atoms with E-state index >= 15 is 0 Å². The fraction of sp³-hybridized carbons (Fsp3) is 0.409. The Bertz CT molecular complexity index is 893. The third-order valence-corrected chi connectivity index (χ3v) is 6.53. The normalized spacial score (nSPS) is 17.4. The number of ether oxygens (including phenoxy) is 2. The highest BCUT2D eigenvalue weighted by Gasteiger charge is 2.42. The van der Waals surface area contributed by atoms with Crippen LogP contribution >= 0.6 is 35.6 Å². The molecule has 0 radical (unpaired) electrons. The largest absolute Gasteiger partial charge is 0.489 e. The molecule has 0 unspecified atom stereocenters. The van der Waals surface area contributed by atoms with E-state index < -0.39 is 5.97 Å². The summed E-state index contributed by atoms with van der Waals surface area (Å²) in [4.78, 5) is 13.0. The van der Waals surface area contributed by atoms with E-state index in [4.69, 9.17) is 37.8 Å². The van der Waals surface area contributed by atoms with Gasteiger partial charge in [-0.3, -0.25) is 4.79 Å². The summed E-state index contributed by atoms with van der Waals surface area (Å²) < 4.78 is 12.2. The molecule has 1 saturated heterocycles. The van der Waals surface area contributed by atoms with E-state index in [1.54, 1.807) is 12.1 Å². The minimum absolute atomic E-state index is 0. The number of rotatable bonds is 6. The van der Waals surface area contributed by atoms with Gasteiger partial charge in [-0.25, -0.2) is 0 Å². The van der Waals surface area contributed by atoms with Gasteiger partial charge in [0.2, 0.25) is 0 Å². The first-order valence-corrected chi connectivity index (χ1v) is 10.5. The molecule has 8 heteroatoms. The van der Waals surface area contributed by atoms with Crippen molar-refractivity contribution in [3.05, 3.63) is 63.1 Å². The predicted octanol–water partition coefficient (Wildman–Crippen LogP) is 5.29. The molecule has 2 aliphatic heterocycles. The SMILES string of the molecule is Cl.O=C(O)CCN1CCC2(CC1)OCc1cc(OCc3c(Cl)cccc3Cl)ccc12. The fourth-order valence-corrected chi connectivity index (χ4v) is 4.65. The van der Waals surface area contributed by atoms with Gasteiger partial charge in [-0.05, 0) is 48.2 Å². The second-order valence-electron chi connectivity index (χ2n) is 7.58. The van der Waals surface area contributed by atoms with Gasteiger partial charge in [0.25, 0.3) is 0 Å². The Morgan fingerprint density at radius 1 is 1.17 bits per heavy atom. The van der Waals surface area contributed by atoms with Crippen molar-refractivity contribution in [2.75, 3.05) is 19.6 Å². The molecule has 1 N–H and O–H groups in total. The number of aliphatic carboxylic acids is 1. The molecule has 2 heterocycles. The number of piperidine rings is 1. The lowest BCUT2D eigenvalue weighted by Crippen LogP contribution is -2.43. The average molecular weight is 473 g/mol. The smallest absolute Gasteiger partial charge is 0.304 e. The fourth-order valence-electron chi connectivity index (χ4n) is 4.15. The summed E-state index contributed by atoms with van der Waals surface area (Å²) in [6, 6.07) is 11.5. The third-order valence-electron chi connectivity index (χ3n) is 5.82. The highest BCUT2D eigenvalue weighted by molar-refractivity contribution is 6.35. The van der Waals surface area contributed by atoms with E-state index in [1.807, 2.05) is 18.2 Å². The Hall–Kier alpha value is -1.50. The van der Waals surface area contributed by atoms with Crippen molar-refractivity contribution in [3.8, 4) is 5.75 Å². The van der Waals surface area contributed by atoms with Crippen LogP contribution in [0.25, 0.3) is 0 Å². The van der Waals surface area contributed by atoms with Crippen LogP contribution in [0.5, 0.6) is 5.75 Å². The number of carboxylic acids is 1. The molecule has 30 heavy (non-hydrogen) atoms. The van der Waals surface area contributed by atoms with Gasteiger partial charge in [-0.2, -0.15) is 0 Å². The van der Waals surface area contributed by atoms with Crippen LogP contribution in [0.15, 0.2) is 36.4 Å². The number of hydrogen-bond acceptors (Lipinski definition) is 4. The Labute approximate surface area is 192 Å². The van der Waals surface area contributed by atoms with Gasteiger partial charge >= 0.3 is 5.97 Å². The van der Waals surface area contributed by atoms with Crippen LogP contribution in [-0.2, 0) is 28.3 Å². The summed E-state index contributed by atoms with van der Waals surface area (Å²) in [5.41, 5.74) is 2.88. The predicted molar refractivity (Wildman–Crippen MR) is 119 cm³/mol. The number of hydrogen-bond donors (Lipinski definition) is 1. The summed E-state index contributed by atoms with van der Waals surface area (Å²) in [5, 5.41) is 10.1. The zero-order valence-corrected chi connectivity index (χ0v) is 18.7. The summed E-state index contributed by atoms with van der Waals surface area (Å²) >= 11 is 12.4. The van der Waals surface area contributed by atoms with Crippen LogP contribution in [0, 0.1) is 0 Å². The van der Waals surface area contributed by atoms with Crippen molar-refractivity contribution in [2.45, 2.75) is 38.1 Å². The highest BCUT2D eigenvalue weighted by atomic mass is 35.5. The Kier molecular flexibility index (Phi) is 7.53. The van der Waals surface area contributed by atoms with Crippen LogP contribution < -0.4 is 4.74 Å². The van der Waals surface area contributed by atoms with Crippen LogP contribution in [0.4, 0.5) is 0 Å². The van der Waals surface area contributed by atoms with E-state index in [0.29, 0.717) is 29.8 Å². The molecule has 2 aromatic carbocycles. The zero-order chi connectivity index (χ0) is 20.4. The van der Waals surface area contributed by atoms with E-state index in [1.165, 1.54) is 5.56 Å². The molecular weight excluding hydrogens is 449 g/mol. The number of nitrogens with zero attached hydrogens (tertiary/aromatic N) is 1. The minimum atomic E-state index is -0.752. The number of benzene rings is 2. The lowest BCUT2D eigenvalue weighted by molar-refractivity contribution is -0.137. The van der Waals surface area contributed by atoms with Crippen LogP contribution in [0.3, 0.4) is 0 Å². The molecule has 0 amide bonds. The Balaban J connectivity index is 0.00000256. The summed E-state index contributed by atoms with van der Waals surface area (Å²) in [6.07, 6.45) is 1.92. The van der Waals surface area contributed by atoms with Gasteiger partial charge in [0.05, 0.1) is 18.6 Å². The molecule has 4 rings (SSSR count). The lowest BCUT2D eigenvalue weighted by atomic mass is 9.83. The standard InChI is InChI=1S/C22H23Cl2NO4.ClH/c23-19-2-1-3-20(24)17(19)14-28-16-4-5-18-15(12-16)13-29-22(18)7-10-25(11-8-22)9-6-21(26)27;/h1-5,12H,6-11,13-14H2,(H,26,27);1H. The molecule has 162 valence electrons. The molecule has 1 spiro atoms.